The smallest absolute Gasteiger partial charge is 0.259 e. The van der Waals surface area contributed by atoms with E-state index in [0.717, 1.165) is 27.5 Å². The molecule has 0 amide bonds. The highest BCUT2D eigenvalue weighted by Gasteiger charge is 2.13. The maximum Gasteiger partial charge on any atom is 0.259 e. The summed E-state index contributed by atoms with van der Waals surface area (Å²) < 4.78 is 5.77. The largest absolute Gasteiger partial charge is 0.489 e. The molecule has 8 nitrogen and oxygen atoms in total. The second-order valence-corrected chi connectivity index (χ2v) is 7.50. The van der Waals surface area contributed by atoms with E-state index in [4.69, 9.17) is 9.72 Å². The fourth-order valence-corrected chi connectivity index (χ4v) is 3.50. The van der Waals surface area contributed by atoms with E-state index in [1.54, 1.807) is 24.8 Å². The fourth-order valence-electron chi connectivity index (χ4n) is 3.50. The van der Waals surface area contributed by atoms with Gasteiger partial charge in [-0.25, -0.2) is 4.98 Å². The first-order valence-corrected chi connectivity index (χ1v) is 9.91. The average molecular weight is 412 g/mol. The molecule has 4 heterocycles. The molecular formula is C23H20N6O2. The van der Waals surface area contributed by atoms with Gasteiger partial charge in [-0.2, -0.15) is 5.10 Å². The summed E-state index contributed by atoms with van der Waals surface area (Å²) in [5.41, 5.74) is 2.96. The zero-order chi connectivity index (χ0) is 21.4. The molecule has 0 saturated heterocycles. The SMILES string of the molecule is CC(C)Oc1cncc(-c2cc3cc[nH]c(=O)c3c(Nc3ccc4cn[nH]c4c3)n2)c1. The molecule has 5 aromatic rings. The summed E-state index contributed by atoms with van der Waals surface area (Å²) >= 11 is 0. The number of benzene rings is 1. The lowest BCUT2D eigenvalue weighted by Gasteiger charge is -2.13. The van der Waals surface area contributed by atoms with Gasteiger partial charge in [0.15, 0.2) is 0 Å². The standard InChI is InChI=1S/C23H20N6O2/c1-13(2)31-18-7-16(10-24-12-18)19-8-14-5-6-25-23(30)21(14)22(28-19)27-17-4-3-15-11-26-29-20(15)9-17/h3-13H,1-2H3,(H,25,30)(H,26,29)(H,27,28). The summed E-state index contributed by atoms with van der Waals surface area (Å²) in [6, 6.07) is 11.4. The summed E-state index contributed by atoms with van der Waals surface area (Å²) in [5, 5.41) is 12.6. The maximum absolute atomic E-state index is 12.6. The zero-order valence-corrected chi connectivity index (χ0v) is 17.0. The highest BCUT2D eigenvalue weighted by Crippen LogP contribution is 2.29. The van der Waals surface area contributed by atoms with Gasteiger partial charge in [-0.1, -0.05) is 0 Å². The van der Waals surface area contributed by atoms with E-state index < -0.39 is 0 Å². The summed E-state index contributed by atoms with van der Waals surface area (Å²) in [5.74, 6) is 1.13. The van der Waals surface area contributed by atoms with Crippen molar-refractivity contribution < 1.29 is 4.74 Å². The van der Waals surface area contributed by atoms with Crippen molar-refractivity contribution in [2.75, 3.05) is 5.32 Å². The van der Waals surface area contributed by atoms with Crippen LogP contribution in [-0.2, 0) is 0 Å². The van der Waals surface area contributed by atoms with E-state index in [1.165, 1.54) is 0 Å². The van der Waals surface area contributed by atoms with Crippen molar-refractivity contribution in [2.24, 2.45) is 0 Å². The molecule has 0 radical (unpaired) electrons. The normalized spacial score (nSPS) is 11.3. The molecule has 3 N–H and O–H groups in total. The number of anilines is 2. The monoisotopic (exact) mass is 412 g/mol. The number of fused-ring (bicyclic) bond motifs is 2. The van der Waals surface area contributed by atoms with Crippen molar-refractivity contribution in [1.82, 2.24) is 25.1 Å². The van der Waals surface area contributed by atoms with Gasteiger partial charge in [0.2, 0.25) is 0 Å². The first kappa shape index (κ1) is 18.8. The molecule has 8 heteroatoms. The van der Waals surface area contributed by atoms with Gasteiger partial charge in [0.05, 0.1) is 35.1 Å². The number of hydrogen-bond acceptors (Lipinski definition) is 6. The molecule has 0 aliphatic carbocycles. The number of rotatable bonds is 5. The van der Waals surface area contributed by atoms with Crippen LogP contribution in [0.3, 0.4) is 0 Å². The van der Waals surface area contributed by atoms with Gasteiger partial charge in [0.1, 0.15) is 11.6 Å². The molecule has 0 bridgehead atoms. The second kappa shape index (κ2) is 7.56. The van der Waals surface area contributed by atoms with Crippen LogP contribution >= 0.6 is 0 Å². The lowest BCUT2D eigenvalue weighted by Crippen LogP contribution is -2.09. The van der Waals surface area contributed by atoms with Gasteiger partial charge in [-0.05, 0) is 55.6 Å². The number of H-pyrrole nitrogens is 2. The van der Waals surface area contributed by atoms with Crippen LogP contribution in [0.4, 0.5) is 11.5 Å². The number of aromatic nitrogens is 5. The molecule has 0 unspecified atom stereocenters. The van der Waals surface area contributed by atoms with Crippen molar-refractivity contribution in [2.45, 2.75) is 20.0 Å². The van der Waals surface area contributed by atoms with Crippen LogP contribution in [0.1, 0.15) is 13.8 Å². The van der Waals surface area contributed by atoms with Gasteiger partial charge in [-0.15, -0.1) is 0 Å². The van der Waals surface area contributed by atoms with Crippen LogP contribution in [0.15, 0.2) is 66.0 Å². The number of hydrogen-bond donors (Lipinski definition) is 3. The molecule has 4 aromatic heterocycles. The number of aromatic amines is 2. The van der Waals surface area contributed by atoms with Crippen LogP contribution in [0.5, 0.6) is 5.75 Å². The number of pyridine rings is 3. The molecule has 0 spiro atoms. The molecule has 0 aliphatic heterocycles. The minimum atomic E-state index is -0.211. The third-order valence-corrected chi connectivity index (χ3v) is 4.84. The van der Waals surface area contributed by atoms with Crippen molar-refractivity contribution in [3.05, 3.63) is 71.5 Å². The summed E-state index contributed by atoms with van der Waals surface area (Å²) in [6.45, 7) is 3.93. The molecule has 31 heavy (non-hydrogen) atoms. The van der Waals surface area contributed by atoms with Crippen LogP contribution in [-0.4, -0.2) is 31.3 Å². The Balaban J connectivity index is 1.63. The maximum atomic E-state index is 12.6. The summed E-state index contributed by atoms with van der Waals surface area (Å²) in [6.07, 6.45) is 6.83. The summed E-state index contributed by atoms with van der Waals surface area (Å²) in [7, 11) is 0. The molecule has 0 saturated carbocycles. The highest BCUT2D eigenvalue weighted by atomic mass is 16.5. The van der Waals surface area contributed by atoms with Crippen molar-refractivity contribution in [3.63, 3.8) is 0 Å². The van der Waals surface area contributed by atoms with E-state index >= 15 is 0 Å². The van der Waals surface area contributed by atoms with Crippen LogP contribution in [0, 0.1) is 0 Å². The molecule has 0 atom stereocenters. The predicted octanol–water partition coefficient (Wildman–Crippen LogP) is 4.39. The van der Waals surface area contributed by atoms with Gasteiger partial charge >= 0.3 is 0 Å². The quantitative estimate of drug-likeness (QED) is 0.395. The van der Waals surface area contributed by atoms with E-state index in [9.17, 15) is 4.79 Å². The van der Waals surface area contributed by atoms with Crippen LogP contribution in [0.2, 0.25) is 0 Å². The molecular weight excluding hydrogens is 392 g/mol. The number of nitrogens with zero attached hydrogens (tertiary/aromatic N) is 3. The number of nitrogens with one attached hydrogen (secondary N) is 3. The molecule has 154 valence electrons. The Morgan fingerprint density at radius 3 is 2.81 bits per heavy atom. The third-order valence-electron chi connectivity index (χ3n) is 4.84. The van der Waals surface area contributed by atoms with Gasteiger partial charge < -0.3 is 15.0 Å². The lowest BCUT2D eigenvalue weighted by molar-refractivity contribution is 0.241. The Morgan fingerprint density at radius 2 is 1.94 bits per heavy atom. The molecule has 5 rings (SSSR count). The van der Waals surface area contributed by atoms with Crippen LogP contribution in [0.25, 0.3) is 32.9 Å². The number of ether oxygens (including phenoxy) is 1. The Kier molecular flexibility index (Phi) is 4.59. The van der Waals surface area contributed by atoms with Gasteiger partial charge in [-0.3, -0.25) is 14.9 Å². The highest BCUT2D eigenvalue weighted by molar-refractivity contribution is 5.95. The van der Waals surface area contributed by atoms with Crippen molar-refractivity contribution >= 4 is 33.2 Å². The van der Waals surface area contributed by atoms with E-state index in [0.29, 0.717) is 22.6 Å². The van der Waals surface area contributed by atoms with E-state index in [-0.39, 0.29) is 11.7 Å². The molecule has 0 fully saturated rings. The minimum Gasteiger partial charge on any atom is -0.489 e. The van der Waals surface area contributed by atoms with Gasteiger partial charge in [0.25, 0.3) is 5.56 Å². The van der Waals surface area contributed by atoms with Crippen molar-refractivity contribution in [3.8, 4) is 17.0 Å². The third kappa shape index (κ3) is 3.71. The van der Waals surface area contributed by atoms with Gasteiger partial charge in [0, 0.05) is 29.0 Å². The topological polar surface area (TPSA) is 109 Å². The fraction of sp³-hybridized carbons (Fsp3) is 0.130. The van der Waals surface area contributed by atoms with E-state index in [2.05, 4.69) is 25.5 Å². The minimum absolute atomic E-state index is 0.0368. The van der Waals surface area contributed by atoms with Crippen molar-refractivity contribution in [1.29, 1.82) is 0 Å². The average Bonchev–Trinajstić information content (AvgIpc) is 3.21. The first-order chi connectivity index (χ1) is 15.1. The Labute approximate surface area is 177 Å². The first-order valence-electron chi connectivity index (χ1n) is 9.91. The lowest BCUT2D eigenvalue weighted by atomic mass is 10.1. The Hall–Kier alpha value is -4.20. The predicted molar refractivity (Wildman–Crippen MR) is 121 cm³/mol. The van der Waals surface area contributed by atoms with E-state index in [1.807, 2.05) is 50.2 Å². The second-order valence-electron chi connectivity index (χ2n) is 7.50. The Morgan fingerprint density at radius 1 is 1.03 bits per heavy atom. The Bertz CT molecular complexity index is 1450. The van der Waals surface area contributed by atoms with Crippen LogP contribution < -0.4 is 15.6 Å². The molecule has 0 aliphatic rings. The summed E-state index contributed by atoms with van der Waals surface area (Å²) in [4.78, 5) is 24.4. The zero-order valence-electron chi connectivity index (χ0n) is 17.0. The molecule has 1 aromatic carbocycles.